The molecule has 13 heteroatoms. The molecule has 240 valence electrons. The van der Waals surface area contributed by atoms with E-state index in [1.807, 2.05) is 0 Å². The van der Waals surface area contributed by atoms with Crippen LogP contribution in [-0.2, 0) is 6.18 Å². The van der Waals surface area contributed by atoms with Gasteiger partial charge >= 0.3 is 12.2 Å². The Morgan fingerprint density at radius 3 is 2.33 bits per heavy atom. The Kier molecular flexibility index (Phi) is 8.52. The Morgan fingerprint density at radius 1 is 0.956 bits per heavy atom. The molecule has 1 N–H and O–H groups in total. The number of pyridine rings is 1. The van der Waals surface area contributed by atoms with Crippen LogP contribution < -0.4 is 15.0 Å². The van der Waals surface area contributed by atoms with E-state index in [0.717, 1.165) is 57.7 Å². The van der Waals surface area contributed by atoms with Gasteiger partial charge in [0.1, 0.15) is 23.6 Å². The summed E-state index contributed by atoms with van der Waals surface area (Å²) in [5.41, 5.74) is -0.987. The van der Waals surface area contributed by atoms with Crippen molar-refractivity contribution in [1.29, 1.82) is 0 Å². The van der Waals surface area contributed by atoms with E-state index in [1.54, 1.807) is 18.2 Å². The van der Waals surface area contributed by atoms with E-state index in [2.05, 4.69) is 25.1 Å². The van der Waals surface area contributed by atoms with Gasteiger partial charge in [-0.3, -0.25) is 9.88 Å². The van der Waals surface area contributed by atoms with E-state index in [0.29, 0.717) is 48.4 Å². The van der Waals surface area contributed by atoms with Gasteiger partial charge in [0.05, 0.1) is 16.5 Å². The largest absolute Gasteiger partial charge is 0.461 e. The minimum Gasteiger partial charge on any atom is -0.461 e. The first-order valence-corrected chi connectivity index (χ1v) is 15.1. The topological polar surface area (TPSA) is 66.4 Å². The van der Waals surface area contributed by atoms with Crippen molar-refractivity contribution >= 4 is 52.3 Å². The summed E-state index contributed by atoms with van der Waals surface area (Å²) in [5.74, 6) is -0.229. The summed E-state index contributed by atoms with van der Waals surface area (Å²) >= 11 is 0. The molecule has 6 heterocycles. The molecule has 4 saturated heterocycles. The van der Waals surface area contributed by atoms with Gasteiger partial charge in [-0.15, -0.1) is 24.8 Å². The summed E-state index contributed by atoms with van der Waals surface area (Å²) in [6, 6.07) is 9.37. The lowest BCUT2D eigenvalue weighted by Gasteiger charge is -2.34. The third-order valence-electron chi connectivity index (χ3n) is 9.91. The molecular weight excluding hydrogens is 631 g/mol. The van der Waals surface area contributed by atoms with Crippen molar-refractivity contribution < 1.29 is 22.3 Å². The van der Waals surface area contributed by atoms with Gasteiger partial charge in [0.15, 0.2) is 5.82 Å². The van der Waals surface area contributed by atoms with Crippen molar-refractivity contribution in [2.24, 2.45) is 0 Å². The van der Waals surface area contributed by atoms with Crippen LogP contribution in [-0.4, -0.2) is 70.3 Å². The molecule has 0 saturated carbocycles. The number of benzene rings is 2. The highest BCUT2D eigenvalue weighted by atomic mass is 35.5. The number of piperazine rings is 1. The summed E-state index contributed by atoms with van der Waals surface area (Å²) in [5, 5.41) is 4.30. The van der Waals surface area contributed by atoms with Gasteiger partial charge in [0.2, 0.25) is 0 Å². The number of fused-ring (bicyclic) bond motifs is 5. The maximum Gasteiger partial charge on any atom is 0.417 e. The average Bonchev–Trinajstić information content (AvgIpc) is 3.68. The third-order valence-corrected chi connectivity index (χ3v) is 9.91. The van der Waals surface area contributed by atoms with E-state index < -0.39 is 17.6 Å². The summed E-state index contributed by atoms with van der Waals surface area (Å²) in [4.78, 5) is 18.4. The predicted molar refractivity (Wildman–Crippen MR) is 170 cm³/mol. The zero-order chi connectivity index (χ0) is 29.3. The van der Waals surface area contributed by atoms with Crippen LogP contribution >= 0.6 is 24.8 Å². The lowest BCUT2D eigenvalue weighted by Crippen LogP contribution is -2.51. The number of halogens is 6. The lowest BCUT2D eigenvalue weighted by molar-refractivity contribution is -0.136. The Morgan fingerprint density at radius 2 is 1.64 bits per heavy atom. The molecule has 4 aliphatic heterocycles. The number of nitrogens with one attached hydrogen (secondary N) is 1. The zero-order valence-electron chi connectivity index (χ0n) is 24.4. The molecule has 45 heavy (non-hydrogen) atoms. The van der Waals surface area contributed by atoms with Crippen LogP contribution in [0.4, 0.5) is 23.4 Å². The molecule has 0 aliphatic carbocycles. The number of rotatable bonds is 5. The minimum absolute atomic E-state index is 0. The molecule has 7 nitrogen and oxygen atoms in total. The van der Waals surface area contributed by atoms with E-state index in [1.165, 1.54) is 18.3 Å². The van der Waals surface area contributed by atoms with Crippen molar-refractivity contribution in [2.75, 3.05) is 37.7 Å². The van der Waals surface area contributed by atoms with Crippen molar-refractivity contribution in [3.63, 3.8) is 0 Å². The fraction of sp³-hybridized carbons (Fsp3) is 0.469. The number of hydrogen-bond acceptors (Lipinski definition) is 7. The highest BCUT2D eigenvalue weighted by molar-refractivity contribution is 6.01. The van der Waals surface area contributed by atoms with Crippen LogP contribution in [0.3, 0.4) is 0 Å². The zero-order valence-corrected chi connectivity index (χ0v) is 26.1. The molecule has 0 radical (unpaired) electrons. The lowest BCUT2D eigenvalue weighted by atomic mass is 9.95. The maximum atomic E-state index is 16.6. The standard InChI is InChI=1S/C32H32F4N6O.2ClH/c33-26-27(22-7-1-5-19-6-2-8-24(25(19)22)32(34,35)36)37-15-23-28(26)39-30(43-18-31-11-3-13-42(31)14-4-12-31)40-29(23)41-16-20-9-10-21(17-41)38-20;;/h1-2,5-8,15,20-21,38H,3-4,9-14,16-18H2;2*1H/t20-,21+;;. The first-order valence-electron chi connectivity index (χ1n) is 15.1. The first kappa shape index (κ1) is 32.0. The molecule has 2 bridgehead atoms. The maximum absolute atomic E-state index is 16.6. The van der Waals surface area contributed by atoms with E-state index in [4.69, 9.17) is 9.72 Å². The van der Waals surface area contributed by atoms with Crippen molar-refractivity contribution in [2.45, 2.75) is 62.3 Å². The molecule has 4 aliphatic rings. The van der Waals surface area contributed by atoms with Gasteiger partial charge in [0.25, 0.3) is 0 Å². The second kappa shape index (κ2) is 12.0. The van der Waals surface area contributed by atoms with E-state index >= 15 is 4.39 Å². The van der Waals surface area contributed by atoms with Crippen molar-refractivity contribution in [1.82, 2.24) is 25.2 Å². The highest BCUT2D eigenvalue weighted by Gasteiger charge is 2.45. The molecular formula is C32H34Cl2F4N6O. The monoisotopic (exact) mass is 664 g/mol. The fourth-order valence-corrected chi connectivity index (χ4v) is 7.92. The minimum atomic E-state index is -4.62. The second-order valence-corrected chi connectivity index (χ2v) is 12.5. The van der Waals surface area contributed by atoms with Crippen LogP contribution in [0.1, 0.15) is 44.1 Å². The predicted octanol–water partition coefficient (Wildman–Crippen LogP) is 6.79. The quantitative estimate of drug-likeness (QED) is 0.236. The summed E-state index contributed by atoms with van der Waals surface area (Å²) < 4.78 is 65.2. The van der Waals surface area contributed by atoms with Gasteiger partial charge in [-0.25, -0.2) is 4.39 Å². The Balaban J connectivity index is 0.00000179. The van der Waals surface area contributed by atoms with Gasteiger partial charge in [-0.1, -0.05) is 30.3 Å². The SMILES string of the molecule is Cl.Cl.Fc1c(-c2cccc3cccc(C(F)(F)F)c23)ncc2c(N3C[C@H]4CC[C@@H](C3)N4)nc(OCC34CCCN3CCC4)nc12. The van der Waals surface area contributed by atoms with Crippen LogP contribution in [0.2, 0.25) is 0 Å². The molecule has 4 fully saturated rings. The number of anilines is 1. The van der Waals surface area contributed by atoms with Crippen LogP contribution in [0.5, 0.6) is 6.01 Å². The third kappa shape index (κ3) is 5.45. The molecule has 4 aromatic rings. The van der Waals surface area contributed by atoms with Gasteiger partial charge < -0.3 is 15.0 Å². The Hall–Kier alpha value is -2.99. The van der Waals surface area contributed by atoms with E-state index in [9.17, 15) is 13.2 Å². The fourth-order valence-electron chi connectivity index (χ4n) is 7.92. The number of nitrogens with zero attached hydrogens (tertiary/aromatic N) is 5. The molecule has 2 atom stereocenters. The normalized spacial score (nSPS) is 22.4. The Labute approximate surface area is 270 Å². The molecule has 2 aromatic carbocycles. The molecule has 2 aromatic heterocycles. The molecule has 8 rings (SSSR count). The number of alkyl halides is 3. The van der Waals surface area contributed by atoms with Gasteiger partial charge in [-0.2, -0.15) is 23.1 Å². The summed E-state index contributed by atoms with van der Waals surface area (Å²) in [6.07, 6.45) is 3.32. The van der Waals surface area contributed by atoms with Crippen LogP contribution in [0.25, 0.3) is 32.9 Å². The first-order chi connectivity index (χ1) is 20.8. The second-order valence-electron chi connectivity index (χ2n) is 12.5. The highest BCUT2D eigenvalue weighted by Crippen LogP contribution is 2.42. The van der Waals surface area contributed by atoms with Crippen molar-refractivity contribution in [3.05, 3.63) is 54.0 Å². The molecule has 0 unspecified atom stereocenters. The molecule has 0 amide bonds. The smallest absolute Gasteiger partial charge is 0.417 e. The van der Waals surface area contributed by atoms with Crippen LogP contribution in [0, 0.1) is 5.82 Å². The number of hydrogen-bond donors (Lipinski definition) is 1. The summed E-state index contributed by atoms with van der Waals surface area (Å²) in [6.45, 7) is 3.93. The number of aromatic nitrogens is 3. The van der Waals surface area contributed by atoms with Gasteiger partial charge in [0, 0.05) is 42.3 Å². The van der Waals surface area contributed by atoms with Crippen molar-refractivity contribution in [3.8, 4) is 17.3 Å². The number of ether oxygens (including phenoxy) is 1. The molecule has 0 spiro atoms. The Bertz CT molecular complexity index is 1710. The van der Waals surface area contributed by atoms with Crippen LogP contribution in [0.15, 0.2) is 42.6 Å². The van der Waals surface area contributed by atoms with E-state index in [-0.39, 0.29) is 58.5 Å². The average molecular weight is 666 g/mol. The van der Waals surface area contributed by atoms with Gasteiger partial charge in [-0.05, 0) is 63.1 Å². The summed E-state index contributed by atoms with van der Waals surface area (Å²) in [7, 11) is 0.